The summed E-state index contributed by atoms with van der Waals surface area (Å²) in [5.74, 6) is 0. The van der Waals surface area contributed by atoms with Crippen molar-refractivity contribution in [3.8, 4) is 6.07 Å². The zero-order valence-electron chi connectivity index (χ0n) is 7.09. The van der Waals surface area contributed by atoms with E-state index < -0.39 is 0 Å². The predicted molar refractivity (Wildman–Crippen MR) is 52.3 cm³/mol. The van der Waals surface area contributed by atoms with Gasteiger partial charge in [-0.1, -0.05) is 11.6 Å². The van der Waals surface area contributed by atoms with Crippen molar-refractivity contribution in [2.24, 2.45) is 0 Å². The van der Waals surface area contributed by atoms with Crippen LogP contribution >= 0.6 is 9.24 Å². The van der Waals surface area contributed by atoms with Gasteiger partial charge >= 0.3 is 0 Å². The first kappa shape index (κ1) is 10.4. The molecule has 1 atom stereocenters. The quantitative estimate of drug-likeness (QED) is 0.360. The second-order valence-corrected chi connectivity index (χ2v) is 2.92. The molecular formula is C9H14NP. The van der Waals surface area contributed by atoms with Crippen LogP contribution in [-0.2, 0) is 0 Å². The largest absolute Gasteiger partial charge is 0.193 e. The van der Waals surface area contributed by atoms with Crippen LogP contribution in [0.1, 0.15) is 20.3 Å². The van der Waals surface area contributed by atoms with E-state index in [0.717, 1.165) is 18.2 Å². The van der Waals surface area contributed by atoms with Gasteiger partial charge in [0.05, 0.1) is 6.07 Å². The maximum absolute atomic E-state index is 8.50. The van der Waals surface area contributed by atoms with Crippen LogP contribution in [-0.4, -0.2) is 6.16 Å². The Balaban J connectivity index is 4.22. The minimum absolute atomic E-state index is 0.775. The van der Waals surface area contributed by atoms with Crippen LogP contribution in [0.25, 0.3) is 0 Å². The molecule has 1 unspecified atom stereocenters. The molecule has 0 amide bonds. The first-order valence-corrected chi connectivity index (χ1v) is 4.50. The van der Waals surface area contributed by atoms with E-state index in [9.17, 15) is 0 Å². The average Bonchev–Trinajstić information content (AvgIpc) is 2.03. The second-order valence-electron chi connectivity index (χ2n) is 2.34. The first-order valence-electron chi connectivity index (χ1n) is 3.68. The molecule has 0 aliphatic rings. The molecule has 0 N–H and O–H groups in total. The number of hydrogen-bond acceptors (Lipinski definition) is 1. The Kier molecular flexibility index (Phi) is 5.80. The summed E-state index contributed by atoms with van der Waals surface area (Å²) in [4.78, 5) is 0. The topological polar surface area (TPSA) is 23.8 Å². The summed E-state index contributed by atoms with van der Waals surface area (Å²) >= 11 is 0. The maximum atomic E-state index is 8.50. The van der Waals surface area contributed by atoms with Crippen molar-refractivity contribution in [2.75, 3.05) is 6.16 Å². The lowest BCUT2D eigenvalue weighted by molar-refractivity contribution is 1.15. The summed E-state index contributed by atoms with van der Waals surface area (Å²) in [6, 6.07) is 2.10. The number of allylic oxidation sites excluding steroid dienone is 4. The highest BCUT2D eigenvalue weighted by atomic mass is 31.0. The van der Waals surface area contributed by atoms with E-state index in [1.54, 1.807) is 0 Å². The van der Waals surface area contributed by atoms with Gasteiger partial charge in [-0.25, -0.2) is 0 Å². The molecule has 0 spiro atoms. The molecule has 0 saturated heterocycles. The second kappa shape index (κ2) is 6.13. The molecule has 0 rings (SSSR count). The van der Waals surface area contributed by atoms with Crippen molar-refractivity contribution in [1.82, 2.24) is 0 Å². The summed E-state index contributed by atoms with van der Waals surface area (Å²) in [5, 5.41) is 8.50. The Bertz CT molecular complexity index is 208. The van der Waals surface area contributed by atoms with E-state index >= 15 is 0 Å². The molecule has 0 bridgehead atoms. The van der Waals surface area contributed by atoms with E-state index in [2.05, 4.69) is 15.3 Å². The van der Waals surface area contributed by atoms with Crippen LogP contribution in [0.3, 0.4) is 0 Å². The van der Waals surface area contributed by atoms with Crippen molar-refractivity contribution in [3.63, 3.8) is 0 Å². The van der Waals surface area contributed by atoms with Crippen LogP contribution in [0.4, 0.5) is 0 Å². The summed E-state index contributed by atoms with van der Waals surface area (Å²) in [7, 11) is 2.68. The number of nitrogens with zero attached hydrogens (tertiary/aromatic N) is 1. The van der Waals surface area contributed by atoms with Crippen molar-refractivity contribution >= 4 is 9.24 Å². The molecule has 0 aromatic heterocycles. The van der Waals surface area contributed by atoms with E-state index in [4.69, 9.17) is 5.26 Å². The fourth-order valence-electron chi connectivity index (χ4n) is 0.777. The Morgan fingerprint density at radius 1 is 1.64 bits per heavy atom. The lowest BCUT2D eigenvalue weighted by Gasteiger charge is -1.96. The molecule has 60 valence electrons. The van der Waals surface area contributed by atoms with Gasteiger partial charge in [-0.15, -0.1) is 9.24 Å². The van der Waals surface area contributed by atoms with Crippen LogP contribution in [0, 0.1) is 11.3 Å². The third-order valence-corrected chi connectivity index (χ3v) is 1.67. The van der Waals surface area contributed by atoms with E-state index in [1.807, 2.05) is 26.0 Å². The minimum Gasteiger partial charge on any atom is -0.193 e. The molecule has 0 radical (unpaired) electrons. The smallest absolute Gasteiger partial charge is 0.0944 e. The third-order valence-electron chi connectivity index (χ3n) is 1.38. The molecule has 0 aromatic rings. The highest BCUT2D eigenvalue weighted by Gasteiger charge is 1.90. The molecule has 0 heterocycles. The van der Waals surface area contributed by atoms with E-state index in [-0.39, 0.29) is 0 Å². The Hall–Kier alpha value is -0.600. The van der Waals surface area contributed by atoms with Crippen molar-refractivity contribution < 1.29 is 0 Å². The molecule has 1 nitrogen and oxygen atoms in total. The molecule has 11 heavy (non-hydrogen) atoms. The Morgan fingerprint density at radius 3 is 2.64 bits per heavy atom. The van der Waals surface area contributed by atoms with Crippen LogP contribution in [0.15, 0.2) is 23.3 Å². The van der Waals surface area contributed by atoms with Crippen molar-refractivity contribution in [2.45, 2.75) is 20.3 Å². The average molecular weight is 167 g/mol. The van der Waals surface area contributed by atoms with Gasteiger partial charge < -0.3 is 0 Å². The Labute approximate surface area is 71.0 Å². The summed E-state index contributed by atoms with van der Waals surface area (Å²) < 4.78 is 0. The van der Waals surface area contributed by atoms with Gasteiger partial charge in [0, 0.05) is 5.57 Å². The highest BCUT2D eigenvalue weighted by Crippen LogP contribution is 2.08. The van der Waals surface area contributed by atoms with Gasteiger partial charge in [-0.05, 0) is 32.5 Å². The molecule has 0 saturated carbocycles. The fourth-order valence-corrected chi connectivity index (χ4v) is 1.11. The normalized spacial score (nSPS) is 12.9. The molecule has 0 aliphatic carbocycles. The van der Waals surface area contributed by atoms with Gasteiger partial charge in [0.2, 0.25) is 0 Å². The molecule has 0 aromatic carbocycles. The number of nitriles is 1. The number of rotatable bonds is 3. The SMILES string of the molecule is C/C=C(\C=C(/C)C#N)CCP. The fraction of sp³-hybridized carbons (Fsp3) is 0.444. The summed E-state index contributed by atoms with van der Waals surface area (Å²) in [6.07, 6.45) is 6.06. The van der Waals surface area contributed by atoms with E-state index in [1.165, 1.54) is 5.57 Å². The van der Waals surface area contributed by atoms with Gasteiger partial charge in [0.25, 0.3) is 0 Å². The van der Waals surface area contributed by atoms with Crippen LogP contribution in [0.5, 0.6) is 0 Å². The predicted octanol–water partition coefficient (Wildman–Crippen LogP) is 2.67. The summed E-state index contributed by atoms with van der Waals surface area (Å²) in [6.45, 7) is 3.82. The van der Waals surface area contributed by atoms with Crippen LogP contribution in [0.2, 0.25) is 0 Å². The van der Waals surface area contributed by atoms with Crippen LogP contribution < -0.4 is 0 Å². The molecule has 2 heteroatoms. The molecule has 0 aliphatic heterocycles. The zero-order chi connectivity index (χ0) is 8.69. The standard InChI is InChI=1S/C9H14NP/c1-3-9(4-5-11)6-8(2)7-10/h3,6H,4-5,11H2,1-2H3/b8-6+,9-3-. The van der Waals surface area contributed by atoms with Gasteiger partial charge in [-0.2, -0.15) is 5.26 Å². The van der Waals surface area contributed by atoms with E-state index in [0.29, 0.717) is 0 Å². The first-order chi connectivity index (χ1) is 5.24. The lowest BCUT2D eigenvalue weighted by Crippen LogP contribution is -1.80. The van der Waals surface area contributed by atoms with Gasteiger partial charge in [0.1, 0.15) is 0 Å². The van der Waals surface area contributed by atoms with Crippen molar-refractivity contribution in [1.29, 1.82) is 5.26 Å². The highest BCUT2D eigenvalue weighted by molar-refractivity contribution is 7.16. The van der Waals surface area contributed by atoms with Gasteiger partial charge in [0.15, 0.2) is 0 Å². The zero-order valence-corrected chi connectivity index (χ0v) is 8.25. The maximum Gasteiger partial charge on any atom is 0.0944 e. The third kappa shape index (κ3) is 4.76. The lowest BCUT2D eigenvalue weighted by atomic mass is 10.1. The Morgan fingerprint density at radius 2 is 2.27 bits per heavy atom. The molecular weight excluding hydrogens is 153 g/mol. The van der Waals surface area contributed by atoms with Crippen molar-refractivity contribution in [3.05, 3.63) is 23.3 Å². The minimum atomic E-state index is 0.775. The van der Waals surface area contributed by atoms with Gasteiger partial charge in [-0.3, -0.25) is 0 Å². The molecule has 0 fully saturated rings. The summed E-state index contributed by atoms with van der Waals surface area (Å²) in [5.41, 5.74) is 2.01. The number of hydrogen-bond donors (Lipinski definition) is 0. The monoisotopic (exact) mass is 167 g/mol.